The molecular formula is C27H39N5O4. The zero-order valence-electron chi connectivity index (χ0n) is 22.0. The van der Waals surface area contributed by atoms with Gasteiger partial charge in [0, 0.05) is 64.5 Å². The Kier molecular flexibility index (Phi) is 10.1. The number of likely N-dealkylation sites (N-methyl/N-ethyl adjacent to an activating group) is 1. The van der Waals surface area contributed by atoms with Crippen LogP contribution in [-0.2, 0) is 11.3 Å². The van der Waals surface area contributed by atoms with E-state index < -0.39 is 0 Å². The normalized spacial score (nSPS) is 21.5. The van der Waals surface area contributed by atoms with Gasteiger partial charge in [-0.25, -0.2) is 4.79 Å². The number of fused-ring (bicyclic) bond motifs is 1. The molecule has 9 heteroatoms. The average molecular weight is 498 g/mol. The fourth-order valence-electron chi connectivity index (χ4n) is 4.29. The van der Waals surface area contributed by atoms with E-state index in [1.54, 1.807) is 49.7 Å². The topological polar surface area (TPSA) is 96.0 Å². The number of nitrogens with zero attached hydrogens (tertiary/aromatic N) is 3. The number of amides is 3. The van der Waals surface area contributed by atoms with E-state index >= 15 is 0 Å². The van der Waals surface area contributed by atoms with Crippen molar-refractivity contribution in [2.45, 2.75) is 45.9 Å². The SMILES string of the molecule is CCCNC(=O)Nc1ccc2c(c1)C(=O)N(C)C[C@H](OC)[C@H](C)CN(Cc1ccncc1)[C@H](C)CO2. The van der Waals surface area contributed by atoms with Gasteiger partial charge in [-0.15, -0.1) is 0 Å². The molecule has 9 nitrogen and oxygen atoms in total. The third-order valence-corrected chi connectivity index (χ3v) is 6.50. The van der Waals surface area contributed by atoms with Crippen LogP contribution in [0, 0.1) is 5.92 Å². The number of hydrogen-bond acceptors (Lipinski definition) is 6. The molecule has 3 atom stereocenters. The molecule has 36 heavy (non-hydrogen) atoms. The van der Waals surface area contributed by atoms with Crippen LogP contribution < -0.4 is 15.4 Å². The van der Waals surface area contributed by atoms with Gasteiger partial charge in [-0.05, 0) is 55.2 Å². The Hall–Kier alpha value is -3.17. The molecule has 0 fully saturated rings. The van der Waals surface area contributed by atoms with Gasteiger partial charge in [0.2, 0.25) is 0 Å². The summed E-state index contributed by atoms with van der Waals surface area (Å²) in [6.07, 6.45) is 4.30. The summed E-state index contributed by atoms with van der Waals surface area (Å²) >= 11 is 0. The van der Waals surface area contributed by atoms with E-state index in [1.165, 1.54) is 5.56 Å². The van der Waals surface area contributed by atoms with Crippen molar-refractivity contribution < 1.29 is 19.1 Å². The number of carbonyl (C=O) groups is 2. The van der Waals surface area contributed by atoms with Crippen molar-refractivity contribution in [3.05, 3.63) is 53.9 Å². The molecule has 0 aliphatic carbocycles. The van der Waals surface area contributed by atoms with Crippen LogP contribution >= 0.6 is 0 Å². The Morgan fingerprint density at radius 1 is 1.19 bits per heavy atom. The van der Waals surface area contributed by atoms with Gasteiger partial charge in [0.15, 0.2) is 0 Å². The van der Waals surface area contributed by atoms with E-state index in [2.05, 4.69) is 34.4 Å². The number of urea groups is 1. The highest BCUT2D eigenvalue weighted by atomic mass is 16.5. The second-order valence-electron chi connectivity index (χ2n) is 9.47. The molecule has 2 N–H and O–H groups in total. The summed E-state index contributed by atoms with van der Waals surface area (Å²) in [5.74, 6) is 0.479. The molecule has 0 bridgehead atoms. The van der Waals surface area contributed by atoms with Crippen LogP contribution in [0.15, 0.2) is 42.7 Å². The third-order valence-electron chi connectivity index (χ3n) is 6.50. The molecule has 196 valence electrons. The minimum Gasteiger partial charge on any atom is -0.491 e. The van der Waals surface area contributed by atoms with Gasteiger partial charge in [0.05, 0.1) is 11.7 Å². The summed E-state index contributed by atoms with van der Waals surface area (Å²) in [6, 6.07) is 9.00. The molecule has 0 saturated carbocycles. The first kappa shape index (κ1) is 27.4. The second kappa shape index (κ2) is 13.2. The smallest absolute Gasteiger partial charge is 0.319 e. The number of benzene rings is 1. The van der Waals surface area contributed by atoms with E-state index in [0.717, 1.165) is 19.5 Å². The molecule has 0 unspecified atom stereocenters. The van der Waals surface area contributed by atoms with Gasteiger partial charge in [0.1, 0.15) is 12.4 Å². The van der Waals surface area contributed by atoms with Gasteiger partial charge >= 0.3 is 6.03 Å². The van der Waals surface area contributed by atoms with E-state index in [9.17, 15) is 9.59 Å². The number of anilines is 1. The fraction of sp³-hybridized carbons (Fsp3) is 0.519. The highest BCUT2D eigenvalue weighted by Gasteiger charge is 2.28. The maximum Gasteiger partial charge on any atom is 0.319 e. The molecule has 0 radical (unpaired) electrons. The molecule has 1 aliphatic rings. The monoisotopic (exact) mass is 497 g/mol. The zero-order chi connectivity index (χ0) is 26.1. The van der Waals surface area contributed by atoms with Crippen molar-refractivity contribution in [2.24, 2.45) is 5.92 Å². The van der Waals surface area contributed by atoms with Crippen LogP contribution in [-0.4, -0.2) is 79.3 Å². The number of rotatable bonds is 6. The van der Waals surface area contributed by atoms with Crippen LogP contribution in [0.5, 0.6) is 5.75 Å². The molecule has 1 aromatic carbocycles. The van der Waals surface area contributed by atoms with Gasteiger partial charge in [0.25, 0.3) is 5.91 Å². The molecular weight excluding hydrogens is 458 g/mol. The number of hydrogen-bond donors (Lipinski definition) is 2. The minimum atomic E-state index is -0.305. The van der Waals surface area contributed by atoms with Crippen LogP contribution in [0.1, 0.15) is 43.1 Å². The Balaban J connectivity index is 1.89. The predicted octanol–water partition coefficient (Wildman–Crippen LogP) is 3.62. The quantitative estimate of drug-likeness (QED) is 0.633. The highest BCUT2D eigenvalue weighted by molar-refractivity contribution is 5.99. The van der Waals surface area contributed by atoms with Crippen molar-refractivity contribution >= 4 is 17.6 Å². The molecule has 2 aromatic rings. The Morgan fingerprint density at radius 2 is 1.94 bits per heavy atom. The number of ether oxygens (including phenoxy) is 2. The summed E-state index contributed by atoms with van der Waals surface area (Å²) in [5.41, 5.74) is 2.11. The molecule has 1 aromatic heterocycles. The summed E-state index contributed by atoms with van der Waals surface area (Å²) in [4.78, 5) is 33.8. The largest absolute Gasteiger partial charge is 0.491 e. The van der Waals surface area contributed by atoms with E-state index in [4.69, 9.17) is 9.47 Å². The molecule has 3 amide bonds. The first-order chi connectivity index (χ1) is 17.3. The van der Waals surface area contributed by atoms with Crippen molar-refractivity contribution in [3.8, 4) is 5.75 Å². The number of carbonyl (C=O) groups excluding carboxylic acids is 2. The van der Waals surface area contributed by atoms with Gasteiger partial charge in [-0.1, -0.05) is 13.8 Å². The zero-order valence-corrected chi connectivity index (χ0v) is 22.0. The van der Waals surface area contributed by atoms with Gasteiger partial charge in [-0.2, -0.15) is 0 Å². The molecule has 3 rings (SSSR count). The highest BCUT2D eigenvalue weighted by Crippen LogP contribution is 2.26. The van der Waals surface area contributed by atoms with Crippen molar-refractivity contribution in [2.75, 3.05) is 45.7 Å². The number of nitrogens with one attached hydrogen (secondary N) is 2. The Morgan fingerprint density at radius 3 is 2.64 bits per heavy atom. The van der Waals surface area contributed by atoms with Crippen LogP contribution in [0.3, 0.4) is 0 Å². The second-order valence-corrected chi connectivity index (χ2v) is 9.47. The van der Waals surface area contributed by atoms with Crippen LogP contribution in [0.4, 0.5) is 10.5 Å². The summed E-state index contributed by atoms with van der Waals surface area (Å²) in [6.45, 7) is 9.22. The van der Waals surface area contributed by atoms with Gasteiger partial charge < -0.3 is 25.0 Å². The molecule has 0 saturated heterocycles. The average Bonchev–Trinajstić information content (AvgIpc) is 2.88. The Bertz CT molecular complexity index is 1000. The lowest BCUT2D eigenvalue weighted by Crippen LogP contribution is -2.46. The first-order valence-electron chi connectivity index (χ1n) is 12.5. The predicted molar refractivity (Wildman–Crippen MR) is 140 cm³/mol. The number of aromatic nitrogens is 1. The molecule has 1 aliphatic heterocycles. The summed E-state index contributed by atoms with van der Waals surface area (Å²) < 4.78 is 12.0. The maximum atomic E-state index is 13.5. The minimum absolute atomic E-state index is 0.0795. The number of pyridine rings is 1. The Labute approximate surface area is 214 Å². The van der Waals surface area contributed by atoms with E-state index in [1.807, 2.05) is 19.1 Å². The lowest BCUT2D eigenvalue weighted by molar-refractivity contribution is 0.00921. The first-order valence-corrected chi connectivity index (χ1v) is 12.5. The number of methoxy groups -OCH3 is 1. The van der Waals surface area contributed by atoms with Gasteiger partial charge in [-0.3, -0.25) is 14.7 Å². The van der Waals surface area contributed by atoms with Crippen LogP contribution in [0.2, 0.25) is 0 Å². The summed E-state index contributed by atoms with van der Waals surface area (Å²) in [5, 5.41) is 5.59. The lowest BCUT2D eigenvalue weighted by Gasteiger charge is -2.36. The van der Waals surface area contributed by atoms with E-state index in [-0.39, 0.29) is 30.0 Å². The standard InChI is InChI=1S/C27H39N5O4/c1-6-11-29-27(34)30-22-7-8-24-23(14-22)26(33)31(4)17-25(35-5)19(2)15-32(20(3)18-36-24)16-21-9-12-28-13-10-21/h7-10,12-14,19-20,25H,6,11,15-18H2,1-5H3,(H2,29,30,34)/t19-,20-,25+/m1/s1. The third kappa shape index (κ3) is 7.41. The molecule has 2 heterocycles. The summed E-state index contributed by atoms with van der Waals surface area (Å²) in [7, 11) is 3.46. The lowest BCUT2D eigenvalue weighted by atomic mass is 10.0. The maximum absolute atomic E-state index is 13.5. The van der Waals surface area contributed by atoms with Crippen molar-refractivity contribution in [1.29, 1.82) is 0 Å². The van der Waals surface area contributed by atoms with Crippen molar-refractivity contribution in [1.82, 2.24) is 20.1 Å². The van der Waals surface area contributed by atoms with E-state index in [0.29, 0.717) is 36.7 Å². The van der Waals surface area contributed by atoms with Crippen LogP contribution in [0.25, 0.3) is 0 Å². The van der Waals surface area contributed by atoms with Crippen molar-refractivity contribution in [3.63, 3.8) is 0 Å². The fourth-order valence-corrected chi connectivity index (χ4v) is 4.29. The molecule has 0 spiro atoms.